The summed E-state index contributed by atoms with van der Waals surface area (Å²) in [5.74, 6) is 0.804. The van der Waals surface area contributed by atoms with Gasteiger partial charge in [0.05, 0.1) is 0 Å². The van der Waals surface area contributed by atoms with Crippen molar-refractivity contribution in [2.75, 3.05) is 5.75 Å². The lowest BCUT2D eigenvalue weighted by Gasteiger charge is -2.03. The second-order valence-corrected chi connectivity index (χ2v) is 7.83. The number of unbranched alkanes of at least 4 members (excludes halogenated alkanes) is 18. The molecule has 0 aliphatic carbocycles. The number of hydrogen-bond acceptors (Lipinski definition) is 1. The first-order chi connectivity index (χ1) is 11.4. The molecule has 0 aromatic rings. The van der Waals surface area contributed by atoms with Crippen molar-refractivity contribution >= 4 is 11.7 Å². The predicted octanol–water partition coefficient (Wildman–Crippen LogP) is 7.85. The van der Waals surface area contributed by atoms with Crippen LogP contribution in [0.5, 0.6) is 0 Å². The van der Waals surface area contributed by atoms with Crippen molar-refractivity contribution in [3.8, 4) is 0 Å². The Balaban J connectivity index is 2.93. The molecule has 0 unspecified atom stereocenters. The second-order valence-electron chi connectivity index (χ2n) is 7.19. The predicted molar refractivity (Wildman–Crippen MR) is 106 cm³/mol. The molecule has 0 spiro atoms. The van der Waals surface area contributed by atoms with Crippen molar-refractivity contribution in [2.45, 2.75) is 129 Å². The van der Waals surface area contributed by atoms with Crippen molar-refractivity contribution in [2.24, 2.45) is 0 Å². The molecule has 0 bridgehead atoms. The summed E-state index contributed by atoms with van der Waals surface area (Å²) in [6, 6.07) is 0. The summed E-state index contributed by atoms with van der Waals surface area (Å²) in [7, 11) is 0. The summed E-state index contributed by atoms with van der Waals surface area (Å²) in [6.45, 7) is 2.29. The molecule has 138 valence electrons. The normalized spacial score (nSPS) is 11.0. The van der Waals surface area contributed by atoms with Crippen molar-refractivity contribution < 1.29 is 4.21 Å². The molecule has 0 fully saturated rings. The average Bonchev–Trinajstić information content (AvgIpc) is 2.57. The maximum absolute atomic E-state index is 10.2. The Kier molecular flexibility index (Phi) is 22.0. The van der Waals surface area contributed by atoms with Gasteiger partial charge in [0, 0.05) is 10.6 Å². The fourth-order valence-electron chi connectivity index (χ4n) is 3.24. The molecule has 0 aromatic carbocycles. The van der Waals surface area contributed by atoms with Crippen LogP contribution in [0, 0.1) is 0 Å². The zero-order valence-corrected chi connectivity index (χ0v) is 16.8. The van der Waals surface area contributed by atoms with Gasteiger partial charge in [0.15, 0.2) is 0 Å². The van der Waals surface area contributed by atoms with Crippen LogP contribution in [-0.2, 0) is 15.9 Å². The van der Waals surface area contributed by atoms with Gasteiger partial charge in [-0.15, -0.1) is 0 Å². The summed E-state index contributed by atoms with van der Waals surface area (Å²) < 4.78 is 10.2. The fourth-order valence-corrected chi connectivity index (χ4v) is 3.56. The van der Waals surface area contributed by atoms with Gasteiger partial charge < -0.3 is 0 Å². The van der Waals surface area contributed by atoms with Crippen molar-refractivity contribution in [1.82, 2.24) is 0 Å². The molecule has 1 nitrogen and oxygen atoms in total. The Morgan fingerprint density at radius 2 is 0.696 bits per heavy atom. The van der Waals surface area contributed by atoms with E-state index in [1.165, 1.54) is 116 Å². The lowest BCUT2D eigenvalue weighted by Crippen LogP contribution is -1.85. The number of hydrogen-bond donors (Lipinski definition) is 0. The molecule has 0 N–H and O–H groups in total. The van der Waals surface area contributed by atoms with Gasteiger partial charge in [-0.3, -0.25) is 0 Å². The third-order valence-electron chi connectivity index (χ3n) is 4.83. The zero-order valence-electron chi connectivity index (χ0n) is 16.0. The highest BCUT2D eigenvalue weighted by atomic mass is 32.1. The number of rotatable bonds is 20. The van der Waals surface area contributed by atoms with Crippen LogP contribution in [0.15, 0.2) is 0 Å². The fraction of sp³-hybridized carbons (Fsp3) is 1.00. The summed E-state index contributed by atoms with van der Waals surface area (Å²) in [6.07, 6.45) is 26.8. The molecule has 0 atom stereocenters. The Morgan fingerprint density at radius 3 is 0.957 bits per heavy atom. The maximum Gasteiger partial charge on any atom is 0.458 e. The lowest BCUT2D eigenvalue weighted by molar-refractivity contribution is 0.524. The highest BCUT2D eigenvalue weighted by Crippen LogP contribution is 2.14. The molecule has 0 saturated heterocycles. The Bertz CT molecular complexity index is 218. The smallest absolute Gasteiger partial charge is 0.0654 e. The minimum Gasteiger partial charge on any atom is -0.0654 e. The van der Waals surface area contributed by atoms with Crippen molar-refractivity contribution in [3.05, 3.63) is 0 Å². The van der Waals surface area contributed by atoms with Crippen LogP contribution in [0.1, 0.15) is 129 Å². The topological polar surface area (TPSA) is 17.1 Å². The van der Waals surface area contributed by atoms with E-state index in [-0.39, 0.29) is 0 Å². The molecule has 0 saturated carbocycles. The minimum absolute atomic E-state index is 0.741. The highest BCUT2D eigenvalue weighted by molar-refractivity contribution is 7.65. The first kappa shape index (κ1) is 23.0. The molecule has 0 heterocycles. The van der Waals surface area contributed by atoms with Gasteiger partial charge in [0.2, 0.25) is 5.75 Å². The quantitative estimate of drug-likeness (QED) is 0.162. The van der Waals surface area contributed by atoms with Crippen molar-refractivity contribution in [1.29, 1.82) is 0 Å². The first-order valence-corrected chi connectivity index (χ1v) is 11.6. The van der Waals surface area contributed by atoms with Crippen LogP contribution in [0.25, 0.3) is 0 Å². The summed E-state index contributed by atoms with van der Waals surface area (Å²) in [5.41, 5.74) is 0. The molecule has 23 heavy (non-hydrogen) atoms. The van der Waals surface area contributed by atoms with Gasteiger partial charge in [-0.2, -0.15) is 0 Å². The molecular weight excluding hydrogens is 300 g/mol. The molecule has 0 aromatic heterocycles. The van der Waals surface area contributed by atoms with Crippen LogP contribution < -0.4 is 0 Å². The maximum atomic E-state index is 10.2. The van der Waals surface area contributed by atoms with E-state index in [2.05, 4.69) is 6.92 Å². The van der Waals surface area contributed by atoms with Crippen LogP contribution in [0.3, 0.4) is 0 Å². The second kappa shape index (κ2) is 22.0. The Morgan fingerprint density at radius 1 is 0.435 bits per heavy atom. The van der Waals surface area contributed by atoms with E-state index in [9.17, 15) is 4.21 Å². The first-order valence-electron chi connectivity index (χ1n) is 10.7. The van der Waals surface area contributed by atoms with E-state index in [1.54, 1.807) is 0 Å². The third-order valence-corrected chi connectivity index (χ3v) is 5.29. The largest absolute Gasteiger partial charge is 0.458 e. The van der Waals surface area contributed by atoms with Gasteiger partial charge in [-0.05, 0) is 6.42 Å². The highest BCUT2D eigenvalue weighted by Gasteiger charge is 1.98. The minimum atomic E-state index is 0.741. The molecule has 0 aliphatic heterocycles. The van der Waals surface area contributed by atoms with Crippen LogP contribution in [-0.4, -0.2) is 5.75 Å². The molecule has 2 heteroatoms. The van der Waals surface area contributed by atoms with Crippen molar-refractivity contribution in [3.63, 3.8) is 0 Å². The monoisotopic (exact) mass is 343 g/mol. The average molecular weight is 344 g/mol. The van der Waals surface area contributed by atoms with E-state index < -0.39 is 0 Å². The van der Waals surface area contributed by atoms with Gasteiger partial charge in [0.1, 0.15) is 0 Å². The Hall–Kier alpha value is 0.0200. The standard InChI is InChI=1S/C21H43OS/c1-2-3-4-5-6-7-8-9-10-11-12-13-14-15-16-17-18-19-20-21-23-22/h2-21H2,1H3/q+1. The van der Waals surface area contributed by atoms with Crippen LogP contribution in [0.4, 0.5) is 0 Å². The lowest BCUT2D eigenvalue weighted by atomic mass is 10.0. The summed E-state index contributed by atoms with van der Waals surface area (Å²) >= 11 is 0.741. The van der Waals surface area contributed by atoms with Crippen LogP contribution >= 0.6 is 0 Å². The van der Waals surface area contributed by atoms with E-state index in [0.29, 0.717) is 0 Å². The Labute approximate surface area is 150 Å². The SMILES string of the molecule is CCCCCCCCCCCCCCCCCCCCC[S+]=O. The van der Waals surface area contributed by atoms with E-state index in [1.807, 2.05) is 0 Å². The van der Waals surface area contributed by atoms with E-state index in [0.717, 1.165) is 23.8 Å². The van der Waals surface area contributed by atoms with Gasteiger partial charge in [0.25, 0.3) is 0 Å². The zero-order chi connectivity index (χ0) is 16.8. The summed E-state index contributed by atoms with van der Waals surface area (Å²) in [4.78, 5) is 0. The third kappa shape index (κ3) is 22.0. The summed E-state index contributed by atoms with van der Waals surface area (Å²) in [5, 5.41) is 0. The molecule has 0 aliphatic rings. The molecule has 0 radical (unpaired) electrons. The molecular formula is C21H43OS+. The van der Waals surface area contributed by atoms with Crippen LogP contribution in [0.2, 0.25) is 0 Å². The molecule has 0 rings (SSSR count). The van der Waals surface area contributed by atoms with E-state index in [4.69, 9.17) is 0 Å². The van der Waals surface area contributed by atoms with E-state index >= 15 is 0 Å². The van der Waals surface area contributed by atoms with Gasteiger partial charge in [-0.1, -0.05) is 116 Å². The van der Waals surface area contributed by atoms with Gasteiger partial charge in [-0.25, -0.2) is 0 Å². The van der Waals surface area contributed by atoms with Gasteiger partial charge >= 0.3 is 11.7 Å². The molecule has 0 amide bonds.